The zero-order valence-electron chi connectivity index (χ0n) is 18.5. The predicted octanol–water partition coefficient (Wildman–Crippen LogP) is 4.27. The van der Waals surface area contributed by atoms with Gasteiger partial charge in [0.25, 0.3) is 8.32 Å². The molecule has 1 rings (SSSR count). The van der Waals surface area contributed by atoms with Crippen molar-refractivity contribution in [1.82, 2.24) is 0 Å². The van der Waals surface area contributed by atoms with E-state index in [1.54, 1.807) is 18.2 Å². The smallest absolute Gasteiger partial charge is 0.318 e. The summed E-state index contributed by atoms with van der Waals surface area (Å²) in [5.41, 5.74) is -0.793. The third-order valence-corrected chi connectivity index (χ3v) is 9.86. The van der Waals surface area contributed by atoms with Gasteiger partial charge in [-0.3, -0.25) is 9.59 Å². The summed E-state index contributed by atoms with van der Waals surface area (Å²) >= 11 is 0. The summed E-state index contributed by atoms with van der Waals surface area (Å²) in [4.78, 5) is 24.3. The van der Waals surface area contributed by atoms with Crippen molar-refractivity contribution in [3.05, 3.63) is 23.8 Å². The van der Waals surface area contributed by atoms with E-state index in [2.05, 4.69) is 38.6 Å². The lowest BCUT2D eigenvalue weighted by atomic mass is 9.84. The number of ether oxygens (including phenoxy) is 2. The molecule has 0 fully saturated rings. The highest BCUT2D eigenvalue weighted by atomic mass is 28.4. The maximum Gasteiger partial charge on any atom is 0.318 e. The molecule has 0 aromatic heterocycles. The van der Waals surface area contributed by atoms with Gasteiger partial charge in [-0.1, -0.05) is 26.8 Å². The SMILES string of the molecule is COC(=O)C(C)(C)C(=O)CC(O)c1ccc(O[Si](C)(C)C(C)(C)C)c(OC)c1. The van der Waals surface area contributed by atoms with Gasteiger partial charge < -0.3 is 19.0 Å². The molecule has 0 aliphatic heterocycles. The van der Waals surface area contributed by atoms with Crippen molar-refractivity contribution in [3.8, 4) is 11.5 Å². The second-order valence-corrected chi connectivity index (χ2v) is 13.8. The molecule has 1 aromatic carbocycles. The molecular formula is C21H34O6Si. The fourth-order valence-corrected chi connectivity index (χ4v) is 3.35. The maximum atomic E-state index is 12.5. The lowest BCUT2D eigenvalue weighted by Gasteiger charge is -2.36. The molecule has 1 aromatic rings. The first kappa shape index (κ1) is 24.2. The fourth-order valence-electron chi connectivity index (χ4n) is 2.32. The van der Waals surface area contributed by atoms with E-state index in [0.717, 1.165) is 0 Å². The first-order valence-corrected chi connectivity index (χ1v) is 12.2. The zero-order chi connectivity index (χ0) is 21.9. The number of esters is 1. The summed E-state index contributed by atoms with van der Waals surface area (Å²) in [6, 6.07) is 5.15. The molecule has 0 amide bonds. The number of benzene rings is 1. The third-order valence-electron chi connectivity index (χ3n) is 5.52. The number of carbonyl (C=O) groups is 2. The van der Waals surface area contributed by atoms with Crippen molar-refractivity contribution < 1.29 is 28.6 Å². The minimum absolute atomic E-state index is 0.0298. The van der Waals surface area contributed by atoms with E-state index in [-0.39, 0.29) is 11.5 Å². The molecule has 1 N–H and O–H groups in total. The molecule has 28 heavy (non-hydrogen) atoms. The monoisotopic (exact) mass is 410 g/mol. The third kappa shape index (κ3) is 5.35. The molecular weight excluding hydrogens is 376 g/mol. The van der Waals surface area contributed by atoms with Crippen LogP contribution in [0.3, 0.4) is 0 Å². The van der Waals surface area contributed by atoms with Gasteiger partial charge in [-0.05, 0) is 49.7 Å². The van der Waals surface area contributed by atoms with Crippen LogP contribution in [0.25, 0.3) is 0 Å². The Hall–Kier alpha value is -1.86. The number of carbonyl (C=O) groups excluding carboxylic acids is 2. The van der Waals surface area contributed by atoms with Gasteiger partial charge in [0, 0.05) is 6.42 Å². The molecule has 0 aliphatic rings. The minimum atomic E-state index is -2.05. The Morgan fingerprint density at radius 1 is 1.07 bits per heavy atom. The Labute approximate surface area is 169 Å². The molecule has 0 saturated carbocycles. The average molecular weight is 411 g/mol. The Bertz CT molecular complexity index is 718. The second-order valence-electron chi connectivity index (χ2n) is 9.03. The van der Waals surface area contributed by atoms with Crippen LogP contribution in [0.2, 0.25) is 18.1 Å². The van der Waals surface area contributed by atoms with Crippen molar-refractivity contribution in [2.45, 2.75) is 65.3 Å². The van der Waals surface area contributed by atoms with Crippen LogP contribution >= 0.6 is 0 Å². The average Bonchev–Trinajstić information content (AvgIpc) is 2.59. The van der Waals surface area contributed by atoms with Gasteiger partial charge in [0.05, 0.1) is 20.3 Å². The number of methoxy groups -OCH3 is 2. The summed E-state index contributed by atoms with van der Waals surface area (Å²) in [6.07, 6.45) is -1.26. The quantitative estimate of drug-likeness (QED) is 0.391. The number of Topliss-reactive ketones (excluding diaryl/α,β-unsaturated/α-hetero) is 1. The standard InChI is InChI=1S/C21H34O6Si/c1-20(2,3)28(8,9)27-16-11-10-14(12-17(16)25-6)15(22)13-18(23)21(4,5)19(24)26-7/h10-12,15,22H,13H2,1-9H3. The molecule has 0 saturated heterocycles. The highest BCUT2D eigenvalue weighted by molar-refractivity contribution is 6.74. The van der Waals surface area contributed by atoms with Crippen molar-refractivity contribution in [1.29, 1.82) is 0 Å². The summed E-state index contributed by atoms with van der Waals surface area (Å²) < 4.78 is 16.4. The molecule has 0 radical (unpaired) electrons. The van der Waals surface area contributed by atoms with E-state index in [0.29, 0.717) is 17.1 Å². The number of rotatable bonds is 8. The highest BCUT2D eigenvalue weighted by Crippen LogP contribution is 2.41. The summed E-state index contributed by atoms with van der Waals surface area (Å²) in [7, 11) is 0.719. The van der Waals surface area contributed by atoms with Gasteiger partial charge in [-0.15, -0.1) is 0 Å². The predicted molar refractivity (Wildman–Crippen MR) is 111 cm³/mol. The van der Waals surface area contributed by atoms with Gasteiger partial charge in [-0.2, -0.15) is 0 Å². The molecule has 1 unspecified atom stereocenters. The van der Waals surface area contributed by atoms with Crippen LogP contribution in [0, 0.1) is 5.41 Å². The Morgan fingerprint density at radius 3 is 2.11 bits per heavy atom. The Kier molecular flexibility index (Phi) is 7.47. The van der Waals surface area contributed by atoms with Crippen LogP contribution in [0.4, 0.5) is 0 Å². The fraction of sp³-hybridized carbons (Fsp3) is 0.619. The minimum Gasteiger partial charge on any atom is -0.541 e. The normalized spacial score (nSPS) is 13.6. The Morgan fingerprint density at radius 2 is 1.64 bits per heavy atom. The van der Waals surface area contributed by atoms with Crippen molar-refractivity contribution in [3.63, 3.8) is 0 Å². The number of hydrogen-bond donors (Lipinski definition) is 1. The van der Waals surface area contributed by atoms with E-state index in [4.69, 9.17) is 9.16 Å². The van der Waals surface area contributed by atoms with E-state index in [1.807, 2.05) is 0 Å². The molecule has 0 aliphatic carbocycles. The molecule has 158 valence electrons. The van der Waals surface area contributed by atoms with E-state index >= 15 is 0 Å². The van der Waals surface area contributed by atoms with Crippen LogP contribution < -0.4 is 9.16 Å². The first-order valence-electron chi connectivity index (χ1n) is 9.34. The van der Waals surface area contributed by atoms with E-state index in [9.17, 15) is 14.7 Å². The van der Waals surface area contributed by atoms with E-state index in [1.165, 1.54) is 28.1 Å². The van der Waals surface area contributed by atoms with Crippen molar-refractivity contribution in [2.24, 2.45) is 5.41 Å². The number of hydrogen-bond acceptors (Lipinski definition) is 6. The number of aliphatic hydroxyl groups is 1. The summed E-state index contributed by atoms with van der Waals surface area (Å²) in [5.74, 6) is 0.0973. The van der Waals surface area contributed by atoms with Crippen LogP contribution in [-0.2, 0) is 14.3 Å². The van der Waals surface area contributed by atoms with Crippen LogP contribution in [-0.4, -0.2) is 39.4 Å². The van der Waals surface area contributed by atoms with Gasteiger partial charge in [0.15, 0.2) is 11.5 Å². The summed E-state index contributed by atoms with van der Waals surface area (Å²) in [6.45, 7) is 13.7. The number of aliphatic hydroxyl groups excluding tert-OH is 1. The van der Waals surface area contributed by atoms with Crippen molar-refractivity contribution in [2.75, 3.05) is 14.2 Å². The van der Waals surface area contributed by atoms with Crippen molar-refractivity contribution >= 4 is 20.1 Å². The van der Waals surface area contributed by atoms with Gasteiger partial charge >= 0.3 is 5.97 Å². The zero-order valence-corrected chi connectivity index (χ0v) is 19.5. The largest absolute Gasteiger partial charge is 0.541 e. The molecule has 7 heteroatoms. The van der Waals surface area contributed by atoms with Crippen LogP contribution in [0.15, 0.2) is 18.2 Å². The molecule has 1 atom stereocenters. The van der Waals surface area contributed by atoms with Gasteiger partial charge in [0.1, 0.15) is 11.2 Å². The molecule has 0 spiro atoms. The molecule has 0 heterocycles. The van der Waals surface area contributed by atoms with Gasteiger partial charge in [-0.25, -0.2) is 0 Å². The van der Waals surface area contributed by atoms with Crippen LogP contribution in [0.1, 0.15) is 52.7 Å². The number of ketones is 1. The second kappa shape index (κ2) is 8.65. The van der Waals surface area contributed by atoms with Crippen LogP contribution in [0.5, 0.6) is 11.5 Å². The topological polar surface area (TPSA) is 82.1 Å². The highest BCUT2D eigenvalue weighted by Gasteiger charge is 2.40. The lowest BCUT2D eigenvalue weighted by molar-refractivity contribution is -0.156. The lowest BCUT2D eigenvalue weighted by Crippen LogP contribution is -2.43. The molecule has 0 bridgehead atoms. The van der Waals surface area contributed by atoms with E-state index < -0.39 is 31.6 Å². The Balaban J connectivity index is 3.05. The van der Waals surface area contributed by atoms with Gasteiger partial charge in [0.2, 0.25) is 0 Å². The molecule has 6 nitrogen and oxygen atoms in total. The first-order chi connectivity index (χ1) is 12.7. The summed E-state index contributed by atoms with van der Waals surface area (Å²) in [5, 5.41) is 10.6. The maximum absolute atomic E-state index is 12.5.